The molecule has 0 saturated carbocycles. The number of likely N-dealkylation sites (N-methyl/N-ethyl adjacent to an activating group) is 1. The van der Waals surface area contributed by atoms with E-state index in [1.807, 2.05) is 12.1 Å². The minimum atomic E-state index is 0.723. The van der Waals surface area contributed by atoms with Crippen LogP contribution in [-0.4, -0.2) is 94.3 Å². The molecule has 30 heavy (non-hydrogen) atoms. The third kappa shape index (κ3) is 7.69. The number of hydrogen-bond donors (Lipinski definition) is 1. The van der Waals surface area contributed by atoms with E-state index < -0.39 is 0 Å². The van der Waals surface area contributed by atoms with Crippen molar-refractivity contribution in [3.63, 3.8) is 0 Å². The van der Waals surface area contributed by atoms with Crippen molar-refractivity contribution in [1.29, 1.82) is 0 Å². The smallest absolute Gasteiger partial charge is 0.193 e. The van der Waals surface area contributed by atoms with E-state index in [1.165, 1.54) is 45.7 Å². The van der Waals surface area contributed by atoms with Gasteiger partial charge in [-0.3, -0.25) is 4.99 Å². The van der Waals surface area contributed by atoms with Crippen LogP contribution in [0.1, 0.15) is 32.3 Å². The van der Waals surface area contributed by atoms with E-state index in [0.29, 0.717) is 0 Å². The molecule has 7 heteroatoms. The summed E-state index contributed by atoms with van der Waals surface area (Å²) in [7, 11) is 5.43. The first-order valence-electron chi connectivity index (χ1n) is 11.3. The predicted molar refractivity (Wildman–Crippen MR) is 125 cm³/mol. The number of nitrogens with zero attached hydrogens (tertiary/aromatic N) is 4. The lowest BCUT2D eigenvalue weighted by atomic mass is 10.2. The predicted octanol–water partition coefficient (Wildman–Crippen LogP) is 2.52. The van der Waals surface area contributed by atoms with Crippen molar-refractivity contribution < 1.29 is 9.47 Å². The molecule has 0 atom stereocenters. The van der Waals surface area contributed by atoms with Crippen LogP contribution < -0.4 is 14.8 Å². The van der Waals surface area contributed by atoms with Crippen molar-refractivity contribution in [3.05, 3.63) is 23.8 Å². The number of benzene rings is 1. The zero-order valence-electron chi connectivity index (χ0n) is 19.6. The Balaban J connectivity index is 1.81. The van der Waals surface area contributed by atoms with Crippen LogP contribution in [0.5, 0.6) is 11.5 Å². The normalized spacial score (nSPS) is 15.8. The average Bonchev–Trinajstić information content (AvgIpc) is 2.78. The van der Waals surface area contributed by atoms with Crippen molar-refractivity contribution in [2.24, 2.45) is 4.99 Å². The van der Waals surface area contributed by atoms with E-state index in [2.05, 4.69) is 47.0 Å². The van der Waals surface area contributed by atoms with E-state index in [0.717, 1.165) is 49.1 Å². The second kappa shape index (κ2) is 13.3. The van der Waals surface area contributed by atoms with Crippen molar-refractivity contribution in [2.45, 2.75) is 33.2 Å². The fourth-order valence-corrected chi connectivity index (χ4v) is 3.74. The number of hydrogen-bond acceptors (Lipinski definition) is 5. The topological polar surface area (TPSA) is 52.6 Å². The molecule has 0 aromatic heterocycles. The molecule has 1 fully saturated rings. The van der Waals surface area contributed by atoms with Gasteiger partial charge in [0.05, 0.1) is 14.2 Å². The van der Waals surface area contributed by atoms with Gasteiger partial charge >= 0.3 is 0 Å². The van der Waals surface area contributed by atoms with Gasteiger partial charge in [0.2, 0.25) is 0 Å². The van der Waals surface area contributed by atoms with E-state index in [1.54, 1.807) is 14.2 Å². The van der Waals surface area contributed by atoms with Crippen LogP contribution in [0.2, 0.25) is 0 Å². The SMILES string of the molecule is CCNC(=NCCCCN1CCN(CC)CC1)N(C)Cc1ccc(OC)cc1OC. The van der Waals surface area contributed by atoms with Crippen LogP contribution in [0, 0.1) is 0 Å². The number of guanidine groups is 1. The van der Waals surface area contributed by atoms with Gasteiger partial charge in [0.25, 0.3) is 0 Å². The fourth-order valence-electron chi connectivity index (χ4n) is 3.74. The Bertz CT molecular complexity index is 644. The molecule has 170 valence electrons. The number of rotatable bonds is 11. The zero-order valence-corrected chi connectivity index (χ0v) is 19.6. The zero-order chi connectivity index (χ0) is 21.8. The monoisotopic (exact) mass is 419 g/mol. The second-order valence-electron chi connectivity index (χ2n) is 7.75. The number of unbranched alkanes of at least 4 members (excludes halogenated alkanes) is 1. The molecular weight excluding hydrogens is 378 g/mol. The molecule has 7 nitrogen and oxygen atoms in total. The molecule has 0 bridgehead atoms. The highest BCUT2D eigenvalue weighted by Gasteiger charge is 2.15. The van der Waals surface area contributed by atoms with Gasteiger partial charge in [-0.25, -0.2) is 0 Å². The first-order chi connectivity index (χ1) is 14.6. The fraction of sp³-hybridized carbons (Fsp3) is 0.696. The first kappa shape index (κ1) is 24.3. The summed E-state index contributed by atoms with van der Waals surface area (Å²) >= 11 is 0. The lowest BCUT2D eigenvalue weighted by molar-refractivity contribution is 0.136. The largest absolute Gasteiger partial charge is 0.497 e. The maximum atomic E-state index is 5.54. The van der Waals surface area contributed by atoms with Gasteiger partial charge in [-0.05, 0) is 45.0 Å². The van der Waals surface area contributed by atoms with Gasteiger partial charge in [0.15, 0.2) is 5.96 Å². The number of piperazine rings is 1. The van der Waals surface area contributed by atoms with Gasteiger partial charge in [-0.15, -0.1) is 0 Å². The van der Waals surface area contributed by atoms with Gasteiger partial charge in [0, 0.05) is 64.5 Å². The van der Waals surface area contributed by atoms with Gasteiger partial charge in [0.1, 0.15) is 11.5 Å². The van der Waals surface area contributed by atoms with Crippen LogP contribution in [0.15, 0.2) is 23.2 Å². The molecular formula is C23H41N5O2. The Labute approximate surface area is 183 Å². The minimum absolute atomic E-state index is 0.723. The summed E-state index contributed by atoms with van der Waals surface area (Å²) in [5, 5.41) is 3.41. The highest BCUT2D eigenvalue weighted by molar-refractivity contribution is 5.79. The maximum absolute atomic E-state index is 5.54. The number of ether oxygens (including phenoxy) is 2. The van der Waals surface area contributed by atoms with Crippen LogP contribution in [0.4, 0.5) is 0 Å². The van der Waals surface area contributed by atoms with Gasteiger partial charge < -0.3 is 29.5 Å². The van der Waals surface area contributed by atoms with E-state index in [-0.39, 0.29) is 0 Å². The maximum Gasteiger partial charge on any atom is 0.193 e. The molecule has 1 aliphatic rings. The van der Waals surface area contributed by atoms with E-state index in [4.69, 9.17) is 14.5 Å². The summed E-state index contributed by atoms with van der Waals surface area (Å²) in [6, 6.07) is 5.94. The Morgan fingerprint density at radius 1 is 1.07 bits per heavy atom. The molecule has 1 aliphatic heterocycles. The van der Waals surface area contributed by atoms with Crippen molar-refractivity contribution in [3.8, 4) is 11.5 Å². The summed E-state index contributed by atoms with van der Waals surface area (Å²) in [6.07, 6.45) is 2.31. The Morgan fingerprint density at radius 2 is 1.80 bits per heavy atom. The lowest BCUT2D eigenvalue weighted by Crippen LogP contribution is -2.46. The Kier molecular flexibility index (Phi) is 10.8. The minimum Gasteiger partial charge on any atom is -0.497 e. The summed E-state index contributed by atoms with van der Waals surface area (Å²) < 4.78 is 10.8. The third-order valence-electron chi connectivity index (χ3n) is 5.65. The van der Waals surface area contributed by atoms with Crippen LogP contribution >= 0.6 is 0 Å². The molecule has 1 N–H and O–H groups in total. The Morgan fingerprint density at radius 3 is 2.43 bits per heavy atom. The van der Waals surface area contributed by atoms with E-state index in [9.17, 15) is 0 Å². The molecule has 0 unspecified atom stereocenters. The highest BCUT2D eigenvalue weighted by Crippen LogP contribution is 2.25. The lowest BCUT2D eigenvalue weighted by Gasteiger charge is -2.33. The van der Waals surface area contributed by atoms with Crippen LogP contribution in [0.25, 0.3) is 0 Å². The van der Waals surface area contributed by atoms with E-state index >= 15 is 0 Å². The highest BCUT2D eigenvalue weighted by atomic mass is 16.5. The molecule has 2 rings (SSSR count). The van der Waals surface area contributed by atoms with Gasteiger partial charge in [-0.1, -0.05) is 6.92 Å². The molecule has 0 aliphatic carbocycles. The molecule has 1 aromatic carbocycles. The van der Waals surface area contributed by atoms with Gasteiger partial charge in [-0.2, -0.15) is 0 Å². The second-order valence-corrected chi connectivity index (χ2v) is 7.75. The average molecular weight is 420 g/mol. The van der Waals surface area contributed by atoms with Crippen molar-refractivity contribution in [2.75, 3.05) is 73.6 Å². The molecule has 1 heterocycles. The molecule has 0 spiro atoms. The number of nitrogens with one attached hydrogen (secondary N) is 1. The number of methoxy groups -OCH3 is 2. The Hall–Kier alpha value is -1.99. The quantitative estimate of drug-likeness (QED) is 0.338. The number of aliphatic imine (C=N–C) groups is 1. The van der Waals surface area contributed by atoms with Crippen LogP contribution in [0.3, 0.4) is 0 Å². The summed E-state index contributed by atoms with van der Waals surface area (Å²) in [5.41, 5.74) is 1.11. The first-order valence-corrected chi connectivity index (χ1v) is 11.3. The summed E-state index contributed by atoms with van der Waals surface area (Å²) in [4.78, 5) is 12.1. The molecule has 0 amide bonds. The molecule has 0 radical (unpaired) electrons. The summed E-state index contributed by atoms with van der Waals surface area (Å²) in [6.45, 7) is 13.9. The van der Waals surface area contributed by atoms with Crippen molar-refractivity contribution >= 4 is 5.96 Å². The molecule has 1 saturated heterocycles. The van der Waals surface area contributed by atoms with Crippen LogP contribution in [-0.2, 0) is 6.54 Å². The van der Waals surface area contributed by atoms with Crippen molar-refractivity contribution in [1.82, 2.24) is 20.0 Å². The summed E-state index contributed by atoms with van der Waals surface area (Å²) in [5.74, 6) is 2.57. The third-order valence-corrected chi connectivity index (χ3v) is 5.65. The molecule has 1 aromatic rings. The standard InChI is InChI=1S/C23H41N5O2/c1-6-24-23(25-12-8-9-13-28-16-14-27(7-2)15-17-28)26(3)19-20-10-11-21(29-4)18-22(20)30-5/h10-11,18H,6-9,12-17,19H2,1-5H3,(H,24,25).